The lowest BCUT2D eigenvalue weighted by atomic mass is 10.1. The average Bonchev–Trinajstić information content (AvgIpc) is 3.02. The molecule has 0 aliphatic carbocycles. The first-order valence-corrected chi connectivity index (χ1v) is 8.07. The Kier molecular flexibility index (Phi) is 4.99. The molecule has 1 atom stereocenters. The van der Waals surface area contributed by atoms with Gasteiger partial charge in [0.05, 0.1) is 12.3 Å². The van der Waals surface area contributed by atoms with Crippen molar-refractivity contribution in [3.8, 4) is 5.75 Å². The van der Waals surface area contributed by atoms with Crippen LogP contribution in [0.2, 0.25) is 0 Å². The van der Waals surface area contributed by atoms with E-state index in [0.717, 1.165) is 63.5 Å². The van der Waals surface area contributed by atoms with Crippen molar-refractivity contribution in [2.75, 3.05) is 45.2 Å². The first kappa shape index (κ1) is 14.7. The fraction of sp³-hybridized carbons (Fsp3) is 0.647. The number of benzene rings is 1. The minimum Gasteiger partial charge on any atom is -0.488 e. The highest BCUT2D eigenvalue weighted by Gasteiger charge is 2.20. The number of hydrogen-bond donors (Lipinski definition) is 1. The van der Waals surface area contributed by atoms with Crippen molar-refractivity contribution >= 4 is 5.69 Å². The molecule has 0 unspecified atom stereocenters. The second kappa shape index (κ2) is 7.14. The maximum absolute atomic E-state index is 6.23. The van der Waals surface area contributed by atoms with E-state index in [-0.39, 0.29) is 0 Å². The van der Waals surface area contributed by atoms with Crippen molar-refractivity contribution in [1.29, 1.82) is 0 Å². The van der Waals surface area contributed by atoms with Crippen molar-refractivity contribution in [3.05, 3.63) is 24.3 Å². The predicted molar refractivity (Wildman–Crippen MR) is 85.0 cm³/mol. The molecule has 0 radical (unpaired) electrons. The molecule has 2 aliphatic heterocycles. The smallest absolute Gasteiger partial charge is 0.142 e. The Hall–Kier alpha value is -1.26. The lowest BCUT2D eigenvalue weighted by Crippen LogP contribution is -2.35. The quantitative estimate of drug-likeness (QED) is 0.904. The zero-order valence-corrected chi connectivity index (χ0v) is 12.9. The first-order chi connectivity index (χ1) is 10.3. The van der Waals surface area contributed by atoms with Gasteiger partial charge in [0, 0.05) is 32.2 Å². The zero-order chi connectivity index (χ0) is 14.5. The van der Waals surface area contributed by atoms with Crippen LogP contribution in [0.5, 0.6) is 5.75 Å². The molecule has 0 saturated carbocycles. The van der Waals surface area contributed by atoms with Crippen molar-refractivity contribution in [1.82, 2.24) is 4.90 Å². The van der Waals surface area contributed by atoms with E-state index in [9.17, 15) is 0 Å². The van der Waals surface area contributed by atoms with E-state index in [1.807, 2.05) is 6.07 Å². The van der Waals surface area contributed by atoms with Crippen molar-refractivity contribution in [2.45, 2.75) is 25.4 Å². The van der Waals surface area contributed by atoms with Crippen LogP contribution in [0.3, 0.4) is 0 Å². The molecule has 0 aromatic heterocycles. The van der Waals surface area contributed by atoms with Gasteiger partial charge in [-0.3, -0.25) is 0 Å². The third kappa shape index (κ3) is 4.11. The summed E-state index contributed by atoms with van der Waals surface area (Å²) in [4.78, 5) is 2.37. The van der Waals surface area contributed by atoms with Gasteiger partial charge in [-0.05, 0) is 38.4 Å². The van der Waals surface area contributed by atoms with Gasteiger partial charge in [-0.2, -0.15) is 0 Å². The summed E-state index contributed by atoms with van der Waals surface area (Å²) in [6.45, 7) is 5.00. The van der Waals surface area contributed by atoms with Gasteiger partial charge in [0.25, 0.3) is 0 Å². The molecule has 1 aromatic carbocycles. The molecular formula is C17H26N2O2. The van der Waals surface area contributed by atoms with E-state index in [1.165, 1.54) is 0 Å². The summed E-state index contributed by atoms with van der Waals surface area (Å²) in [5.41, 5.74) is 1.11. The van der Waals surface area contributed by atoms with Crippen LogP contribution in [0.4, 0.5) is 5.69 Å². The summed E-state index contributed by atoms with van der Waals surface area (Å²) in [5.74, 6) is 1.62. The van der Waals surface area contributed by atoms with Crippen molar-refractivity contribution < 1.29 is 9.47 Å². The number of ether oxygens (including phenoxy) is 2. The molecule has 0 spiro atoms. The Bertz CT molecular complexity index is 438. The Labute approximate surface area is 127 Å². The standard InChI is InChI=1S/C17H26N2O2/c1-19-9-6-15(7-10-19)21-17-5-3-2-4-16(17)18-12-14-8-11-20-13-14/h2-5,14-15,18H,6-13H2,1H3/t14-/m1/s1. The van der Waals surface area contributed by atoms with E-state index in [4.69, 9.17) is 9.47 Å². The summed E-state index contributed by atoms with van der Waals surface area (Å²) < 4.78 is 11.7. The second-order valence-corrected chi connectivity index (χ2v) is 6.23. The van der Waals surface area contributed by atoms with Crippen LogP contribution >= 0.6 is 0 Å². The summed E-state index contributed by atoms with van der Waals surface area (Å²) in [6.07, 6.45) is 3.73. The van der Waals surface area contributed by atoms with Crippen LogP contribution in [-0.2, 0) is 4.74 Å². The molecule has 4 nitrogen and oxygen atoms in total. The van der Waals surface area contributed by atoms with Crippen LogP contribution < -0.4 is 10.1 Å². The van der Waals surface area contributed by atoms with Gasteiger partial charge < -0.3 is 19.7 Å². The van der Waals surface area contributed by atoms with E-state index in [2.05, 4.69) is 35.5 Å². The maximum Gasteiger partial charge on any atom is 0.142 e. The highest BCUT2D eigenvalue weighted by atomic mass is 16.5. The lowest BCUT2D eigenvalue weighted by Gasteiger charge is -2.30. The minimum atomic E-state index is 0.346. The number of rotatable bonds is 5. The molecule has 2 aliphatic rings. The number of anilines is 1. The summed E-state index contributed by atoms with van der Waals surface area (Å²) in [6, 6.07) is 8.30. The monoisotopic (exact) mass is 290 g/mol. The number of piperidine rings is 1. The third-order valence-electron chi connectivity index (χ3n) is 4.45. The molecule has 2 fully saturated rings. The van der Waals surface area contributed by atoms with Crippen molar-refractivity contribution in [2.24, 2.45) is 5.92 Å². The normalized spacial score (nSPS) is 24.1. The van der Waals surface area contributed by atoms with Crippen LogP contribution in [0.1, 0.15) is 19.3 Å². The van der Waals surface area contributed by atoms with Crippen LogP contribution in [0.15, 0.2) is 24.3 Å². The third-order valence-corrected chi connectivity index (χ3v) is 4.45. The Morgan fingerprint density at radius 3 is 2.81 bits per heavy atom. The Morgan fingerprint density at radius 1 is 1.24 bits per heavy atom. The molecule has 4 heteroatoms. The molecular weight excluding hydrogens is 264 g/mol. The van der Waals surface area contributed by atoms with E-state index in [0.29, 0.717) is 12.0 Å². The van der Waals surface area contributed by atoms with Gasteiger partial charge >= 0.3 is 0 Å². The van der Waals surface area contributed by atoms with Gasteiger partial charge in [0.15, 0.2) is 0 Å². The van der Waals surface area contributed by atoms with Crippen LogP contribution in [0.25, 0.3) is 0 Å². The molecule has 21 heavy (non-hydrogen) atoms. The Balaban J connectivity index is 1.56. The van der Waals surface area contributed by atoms with E-state index in [1.54, 1.807) is 0 Å². The number of nitrogens with one attached hydrogen (secondary N) is 1. The molecule has 1 N–H and O–H groups in total. The van der Waals surface area contributed by atoms with Crippen LogP contribution in [0, 0.1) is 5.92 Å². The van der Waals surface area contributed by atoms with Gasteiger partial charge in [-0.25, -0.2) is 0 Å². The molecule has 0 amide bonds. The van der Waals surface area contributed by atoms with Gasteiger partial charge in [-0.1, -0.05) is 12.1 Å². The highest BCUT2D eigenvalue weighted by Crippen LogP contribution is 2.27. The maximum atomic E-state index is 6.23. The second-order valence-electron chi connectivity index (χ2n) is 6.23. The zero-order valence-electron chi connectivity index (χ0n) is 12.9. The largest absolute Gasteiger partial charge is 0.488 e. The fourth-order valence-corrected chi connectivity index (χ4v) is 3.00. The summed E-state index contributed by atoms with van der Waals surface area (Å²) in [5, 5.41) is 3.54. The van der Waals surface area contributed by atoms with E-state index < -0.39 is 0 Å². The molecule has 0 bridgehead atoms. The number of para-hydroxylation sites is 2. The molecule has 3 rings (SSSR count). The summed E-state index contributed by atoms with van der Waals surface area (Å²) in [7, 11) is 2.18. The predicted octanol–water partition coefficient (Wildman–Crippen LogP) is 2.61. The number of likely N-dealkylation sites (tertiary alicyclic amines) is 1. The average molecular weight is 290 g/mol. The first-order valence-electron chi connectivity index (χ1n) is 8.07. The molecule has 1 aromatic rings. The van der Waals surface area contributed by atoms with Gasteiger partial charge in [0.1, 0.15) is 11.9 Å². The molecule has 116 valence electrons. The lowest BCUT2D eigenvalue weighted by molar-refractivity contribution is 0.115. The minimum absolute atomic E-state index is 0.346. The summed E-state index contributed by atoms with van der Waals surface area (Å²) >= 11 is 0. The number of hydrogen-bond acceptors (Lipinski definition) is 4. The van der Waals surface area contributed by atoms with Gasteiger partial charge in [-0.15, -0.1) is 0 Å². The van der Waals surface area contributed by atoms with Crippen molar-refractivity contribution in [3.63, 3.8) is 0 Å². The SMILES string of the molecule is CN1CCC(Oc2ccccc2NC[C@H]2CCOC2)CC1. The molecule has 2 heterocycles. The number of nitrogens with zero attached hydrogens (tertiary/aromatic N) is 1. The van der Waals surface area contributed by atoms with Crippen LogP contribution in [-0.4, -0.2) is 50.9 Å². The Morgan fingerprint density at radius 2 is 2.05 bits per heavy atom. The van der Waals surface area contributed by atoms with Gasteiger partial charge in [0.2, 0.25) is 0 Å². The highest BCUT2D eigenvalue weighted by molar-refractivity contribution is 5.56. The molecule has 2 saturated heterocycles. The fourth-order valence-electron chi connectivity index (χ4n) is 3.00. The van der Waals surface area contributed by atoms with E-state index >= 15 is 0 Å². The topological polar surface area (TPSA) is 33.7 Å².